The van der Waals surface area contributed by atoms with Gasteiger partial charge in [-0.1, -0.05) is 23.2 Å². The predicted molar refractivity (Wildman–Crippen MR) is 158 cm³/mol. The van der Waals surface area contributed by atoms with Gasteiger partial charge in [-0.2, -0.15) is 5.26 Å². The highest BCUT2D eigenvalue weighted by atomic mass is 35.5. The van der Waals surface area contributed by atoms with Crippen molar-refractivity contribution in [3.05, 3.63) is 88.9 Å². The molecule has 2 aromatic heterocycles. The van der Waals surface area contributed by atoms with Crippen LogP contribution in [-0.2, 0) is 16.1 Å². The topological polar surface area (TPSA) is 118 Å². The molecule has 208 valence electrons. The molecule has 2 aromatic carbocycles. The SMILES string of the molecule is CC(C)=CC(=O)Nc1cc2c(Nc3ccc(OCc4ccccn4)c(Cl)c3)c(C#N)cnc2cc1OC1CCOC1. The fraction of sp³-hybridized carbons (Fsp3) is 0.226. The average molecular weight is 570 g/mol. The van der Waals surface area contributed by atoms with Gasteiger partial charge in [-0.3, -0.25) is 14.8 Å². The monoisotopic (exact) mass is 569 g/mol. The van der Waals surface area contributed by atoms with E-state index in [0.717, 1.165) is 17.7 Å². The van der Waals surface area contributed by atoms with Crippen LogP contribution in [0.15, 0.2) is 72.6 Å². The van der Waals surface area contributed by atoms with Gasteiger partial charge in [0.25, 0.3) is 0 Å². The first kappa shape index (κ1) is 27.9. The summed E-state index contributed by atoms with van der Waals surface area (Å²) < 4.78 is 17.5. The number of pyridine rings is 2. The van der Waals surface area contributed by atoms with Crippen molar-refractivity contribution >= 4 is 45.5 Å². The number of amides is 1. The number of rotatable bonds is 9. The molecule has 41 heavy (non-hydrogen) atoms. The summed E-state index contributed by atoms with van der Waals surface area (Å²) in [6, 6.07) is 16.6. The Kier molecular flexibility index (Phi) is 8.63. The number of aromatic nitrogens is 2. The number of carbonyl (C=O) groups excluding carboxylic acids is 1. The maximum atomic E-state index is 12.7. The Morgan fingerprint density at radius 3 is 2.78 bits per heavy atom. The standard InChI is InChI=1S/C31H28ClN5O4/c1-19(2)11-30(38)37-27-13-24-26(14-29(27)41-23-8-10-39-18-23)35-16-20(15-33)31(24)36-21-6-7-28(25(32)12-21)40-17-22-5-3-4-9-34-22/h3-7,9,11-14,16,23H,8,10,17-18H2,1-2H3,(H,35,36)(H,37,38). The van der Waals surface area contributed by atoms with Crippen molar-refractivity contribution in [2.45, 2.75) is 33.0 Å². The van der Waals surface area contributed by atoms with Crippen LogP contribution in [0, 0.1) is 11.3 Å². The van der Waals surface area contributed by atoms with Crippen LogP contribution in [0.3, 0.4) is 0 Å². The molecule has 9 nitrogen and oxygen atoms in total. The van der Waals surface area contributed by atoms with E-state index in [9.17, 15) is 10.1 Å². The van der Waals surface area contributed by atoms with Crippen LogP contribution in [0.4, 0.5) is 17.1 Å². The van der Waals surface area contributed by atoms with Gasteiger partial charge in [-0.05, 0) is 50.2 Å². The Morgan fingerprint density at radius 1 is 1.20 bits per heavy atom. The lowest BCUT2D eigenvalue weighted by Crippen LogP contribution is -2.18. The lowest BCUT2D eigenvalue weighted by atomic mass is 10.1. The lowest BCUT2D eigenvalue weighted by Gasteiger charge is -2.19. The molecule has 10 heteroatoms. The van der Waals surface area contributed by atoms with Crippen molar-refractivity contribution in [2.75, 3.05) is 23.8 Å². The molecule has 5 rings (SSSR count). The van der Waals surface area contributed by atoms with Gasteiger partial charge in [0.15, 0.2) is 0 Å². The number of nitrogens with zero attached hydrogens (tertiary/aromatic N) is 3. The van der Waals surface area contributed by atoms with Gasteiger partial charge in [0.2, 0.25) is 5.91 Å². The summed E-state index contributed by atoms with van der Waals surface area (Å²) in [5, 5.41) is 17.1. The second-order valence-electron chi connectivity index (χ2n) is 9.72. The summed E-state index contributed by atoms with van der Waals surface area (Å²) in [6.07, 6.45) is 5.32. The summed E-state index contributed by atoms with van der Waals surface area (Å²) >= 11 is 6.54. The minimum absolute atomic E-state index is 0.136. The second kappa shape index (κ2) is 12.7. The van der Waals surface area contributed by atoms with Crippen molar-refractivity contribution in [3.8, 4) is 17.6 Å². The minimum Gasteiger partial charge on any atom is -0.486 e. The Morgan fingerprint density at radius 2 is 2.07 bits per heavy atom. The molecule has 3 heterocycles. The molecule has 0 spiro atoms. The molecule has 4 aromatic rings. The number of benzene rings is 2. The van der Waals surface area contributed by atoms with E-state index in [1.165, 1.54) is 12.3 Å². The van der Waals surface area contributed by atoms with Gasteiger partial charge < -0.3 is 24.8 Å². The number of halogens is 1. The summed E-state index contributed by atoms with van der Waals surface area (Å²) in [6.45, 7) is 5.05. The molecular weight excluding hydrogens is 542 g/mol. The van der Waals surface area contributed by atoms with Crippen molar-refractivity contribution in [2.24, 2.45) is 0 Å². The van der Waals surface area contributed by atoms with Crippen molar-refractivity contribution in [3.63, 3.8) is 0 Å². The van der Waals surface area contributed by atoms with Crippen LogP contribution in [0.5, 0.6) is 11.5 Å². The van der Waals surface area contributed by atoms with E-state index in [4.69, 9.17) is 25.8 Å². The third-order valence-corrected chi connectivity index (χ3v) is 6.55. The number of hydrogen-bond donors (Lipinski definition) is 2. The van der Waals surface area contributed by atoms with Gasteiger partial charge in [0.1, 0.15) is 30.3 Å². The van der Waals surface area contributed by atoms with E-state index in [1.807, 2.05) is 38.1 Å². The Hall–Kier alpha value is -4.65. The molecule has 1 amide bonds. The van der Waals surface area contributed by atoms with E-state index in [1.54, 1.807) is 30.5 Å². The first-order chi connectivity index (χ1) is 19.9. The third-order valence-electron chi connectivity index (χ3n) is 6.25. The van der Waals surface area contributed by atoms with Gasteiger partial charge in [-0.15, -0.1) is 0 Å². The normalized spacial score (nSPS) is 14.2. The van der Waals surface area contributed by atoms with Crippen LogP contribution in [-0.4, -0.2) is 35.2 Å². The Bertz CT molecular complexity index is 1640. The number of fused-ring (bicyclic) bond motifs is 1. The highest BCUT2D eigenvalue weighted by Gasteiger charge is 2.21. The molecule has 0 aliphatic carbocycles. The number of hydrogen-bond acceptors (Lipinski definition) is 8. The van der Waals surface area contributed by atoms with E-state index < -0.39 is 0 Å². The quantitative estimate of drug-likeness (QED) is 0.218. The van der Waals surface area contributed by atoms with Crippen LogP contribution < -0.4 is 20.1 Å². The molecule has 1 saturated heterocycles. The maximum absolute atomic E-state index is 12.7. The summed E-state index contributed by atoms with van der Waals surface area (Å²) in [5.74, 6) is 0.692. The molecule has 1 atom stereocenters. The number of allylic oxidation sites excluding steroid dienone is 1. The van der Waals surface area contributed by atoms with E-state index >= 15 is 0 Å². The molecule has 1 unspecified atom stereocenters. The molecule has 2 N–H and O–H groups in total. The zero-order chi connectivity index (χ0) is 28.8. The van der Waals surface area contributed by atoms with Crippen LogP contribution in [0.1, 0.15) is 31.5 Å². The molecule has 0 bridgehead atoms. The van der Waals surface area contributed by atoms with Gasteiger partial charge in [0, 0.05) is 42.0 Å². The largest absolute Gasteiger partial charge is 0.486 e. The number of anilines is 3. The van der Waals surface area contributed by atoms with E-state index in [-0.39, 0.29) is 18.6 Å². The summed E-state index contributed by atoms with van der Waals surface area (Å²) in [5.41, 5.74) is 4.17. The third kappa shape index (κ3) is 6.92. The second-order valence-corrected chi connectivity index (χ2v) is 10.1. The van der Waals surface area contributed by atoms with Crippen LogP contribution in [0.2, 0.25) is 5.02 Å². The van der Waals surface area contributed by atoms with Gasteiger partial charge in [0.05, 0.1) is 46.4 Å². The van der Waals surface area contributed by atoms with Crippen molar-refractivity contribution in [1.29, 1.82) is 5.26 Å². The Labute approximate surface area is 242 Å². The van der Waals surface area contributed by atoms with Crippen LogP contribution >= 0.6 is 11.6 Å². The van der Waals surface area contributed by atoms with E-state index in [0.29, 0.717) is 63.3 Å². The number of ether oxygens (including phenoxy) is 3. The Balaban J connectivity index is 1.48. The summed E-state index contributed by atoms with van der Waals surface area (Å²) in [4.78, 5) is 21.4. The molecule has 0 radical (unpaired) electrons. The zero-order valence-electron chi connectivity index (χ0n) is 22.6. The minimum atomic E-state index is -0.288. The first-order valence-electron chi connectivity index (χ1n) is 13.1. The molecule has 0 saturated carbocycles. The molecule has 1 aliphatic rings. The number of nitrogens with one attached hydrogen (secondary N) is 2. The van der Waals surface area contributed by atoms with Crippen LogP contribution in [0.25, 0.3) is 10.9 Å². The number of carbonyl (C=O) groups is 1. The number of nitriles is 1. The van der Waals surface area contributed by atoms with Gasteiger partial charge in [-0.25, -0.2) is 0 Å². The highest BCUT2D eigenvalue weighted by Crippen LogP contribution is 2.38. The predicted octanol–water partition coefficient (Wildman–Crippen LogP) is 6.55. The fourth-order valence-corrected chi connectivity index (χ4v) is 4.56. The smallest absolute Gasteiger partial charge is 0.248 e. The van der Waals surface area contributed by atoms with Crippen molar-refractivity contribution < 1.29 is 19.0 Å². The fourth-order valence-electron chi connectivity index (χ4n) is 4.33. The average Bonchev–Trinajstić information content (AvgIpc) is 3.46. The van der Waals surface area contributed by atoms with Gasteiger partial charge >= 0.3 is 0 Å². The zero-order valence-corrected chi connectivity index (χ0v) is 23.4. The molecule has 1 fully saturated rings. The molecular formula is C31H28ClN5O4. The van der Waals surface area contributed by atoms with Crippen molar-refractivity contribution in [1.82, 2.24) is 9.97 Å². The molecule has 1 aliphatic heterocycles. The first-order valence-corrected chi connectivity index (χ1v) is 13.4. The maximum Gasteiger partial charge on any atom is 0.248 e. The highest BCUT2D eigenvalue weighted by molar-refractivity contribution is 6.32. The lowest BCUT2D eigenvalue weighted by molar-refractivity contribution is -0.112. The van der Waals surface area contributed by atoms with E-state index in [2.05, 4.69) is 26.7 Å². The summed E-state index contributed by atoms with van der Waals surface area (Å²) in [7, 11) is 0.